The normalized spacial score (nSPS) is 26.5. The zero-order chi connectivity index (χ0) is 13.4. The summed E-state index contributed by atoms with van der Waals surface area (Å²) >= 11 is 0. The summed E-state index contributed by atoms with van der Waals surface area (Å²) < 4.78 is 5.40. The van der Waals surface area contributed by atoms with Gasteiger partial charge < -0.3 is 15.2 Å². The van der Waals surface area contributed by atoms with Gasteiger partial charge in [0, 0.05) is 12.6 Å². The minimum absolute atomic E-state index is 0.198. The second kappa shape index (κ2) is 8.89. The molecule has 0 amide bonds. The lowest BCUT2D eigenvalue weighted by Gasteiger charge is -2.29. The molecule has 1 saturated carbocycles. The van der Waals surface area contributed by atoms with Crippen LogP contribution in [-0.2, 0) is 4.74 Å². The van der Waals surface area contributed by atoms with Crippen LogP contribution in [-0.4, -0.2) is 36.5 Å². The van der Waals surface area contributed by atoms with Gasteiger partial charge >= 0.3 is 0 Å². The maximum absolute atomic E-state index is 9.78. The predicted molar refractivity (Wildman–Crippen MR) is 75.8 cm³/mol. The van der Waals surface area contributed by atoms with E-state index in [-0.39, 0.29) is 12.2 Å². The van der Waals surface area contributed by atoms with Crippen molar-refractivity contribution >= 4 is 0 Å². The molecule has 0 spiro atoms. The largest absolute Gasteiger partial charge is 0.389 e. The van der Waals surface area contributed by atoms with Crippen LogP contribution in [0.25, 0.3) is 0 Å². The Hall–Kier alpha value is -0.120. The van der Waals surface area contributed by atoms with Gasteiger partial charge in [-0.2, -0.15) is 0 Å². The van der Waals surface area contributed by atoms with Gasteiger partial charge in [-0.25, -0.2) is 0 Å². The molecule has 0 aromatic heterocycles. The van der Waals surface area contributed by atoms with Crippen LogP contribution in [0.1, 0.15) is 59.3 Å². The molecule has 0 radical (unpaired) electrons. The van der Waals surface area contributed by atoms with E-state index >= 15 is 0 Å². The Morgan fingerprint density at radius 1 is 1.22 bits per heavy atom. The molecule has 1 aliphatic carbocycles. The number of hydrogen-bond acceptors (Lipinski definition) is 3. The molecule has 0 heterocycles. The highest BCUT2D eigenvalue weighted by molar-refractivity contribution is 4.78. The molecule has 0 saturated heterocycles. The smallest absolute Gasteiger partial charge is 0.0897 e. The molecular formula is C15H31NO2. The predicted octanol–water partition coefficient (Wildman–Crippen LogP) is 2.72. The van der Waals surface area contributed by atoms with Gasteiger partial charge in [-0.05, 0) is 45.4 Å². The van der Waals surface area contributed by atoms with Crippen LogP contribution in [0.3, 0.4) is 0 Å². The van der Waals surface area contributed by atoms with E-state index in [1.165, 1.54) is 38.5 Å². The molecular weight excluding hydrogens is 226 g/mol. The van der Waals surface area contributed by atoms with E-state index in [9.17, 15) is 5.11 Å². The average Bonchev–Trinajstić information content (AvgIpc) is 2.36. The second-order valence-electron chi connectivity index (χ2n) is 5.95. The molecule has 1 fully saturated rings. The monoisotopic (exact) mass is 257 g/mol. The van der Waals surface area contributed by atoms with E-state index in [1.54, 1.807) is 0 Å². The van der Waals surface area contributed by atoms with Gasteiger partial charge in [-0.15, -0.1) is 0 Å². The minimum Gasteiger partial charge on any atom is -0.389 e. The van der Waals surface area contributed by atoms with Gasteiger partial charge in [-0.1, -0.05) is 19.8 Å². The van der Waals surface area contributed by atoms with Gasteiger partial charge in [0.25, 0.3) is 0 Å². The molecule has 0 aliphatic heterocycles. The van der Waals surface area contributed by atoms with Crippen molar-refractivity contribution in [3.05, 3.63) is 0 Å². The molecule has 0 aromatic rings. The maximum Gasteiger partial charge on any atom is 0.0897 e. The zero-order valence-electron chi connectivity index (χ0n) is 12.3. The lowest BCUT2D eigenvalue weighted by molar-refractivity contribution is 0.00483. The van der Waals surface area contributed by atoms with Crippen LogP contribution < -0.4 is 5.32 Å². The van der Waals surface area contributed by atoms with Gasteiger partial charge in [0.1, 0.15) is 0 Å². The molecule has 2 N–H and O–H groups in total. The molecule has 108 valence electrons. The fourth-order valence-electron chi connectivity index (χ4n) is 2.73. The second-order valence-corrected chi connectivity index (χ2v) is 5.95. The number of rotatable bonds is 8. The first-order valence-electron chi connectivity index (χ1n) is 7.64. The van der Waals surface area contributed by atoms with Crippen molar-refractivity contribution in [1.82, 2.24) is 5.32 Å². The quantitative estimate of drug-likeness (QED) is 0.702. The van der Waals surface area contributed by atoms with E-state index in [0.717, 1.165) is 5.92 Å². The zero-order valence-corrected chi connectivity index (χ0v) is 12.3. The summed E-state index contributed by atoms with van der Waals surface area (Å²) in [5.74, 6) is 0.947. The minimum atomic E-state index is -0.374. The summed E-state index contributed by atoms with van der Waals surface area (Å²) in [7, 11) is 0. The number of aliphatic hydroxyl groups is 1. The third kappa shape index (κ3) is 6.72. The van der Waals surface area contributed by atoms with E-state index in [4.69, 9.17) is 4.74 Å². The van der Waals surface area contributed by atoms with E-state index in [2.05, 4.69) is 12.2 Å². The van der Waals surface area contributed by atoms with Crippen molar-refractivity contribution in [2.24, 2.45) is 5.92 Å². The van der Waals surface area contributed by atoms with Gasteiger partial charge in [0.2, 0.25) is 0 Å². The lowest BCUT2D eigenvalue weighted by atomic mass is 9.83. The highest BCUT2D eigenvalue weighted by Crippen LogP contribution is 2.27. The first kappa shape index (κ1) is 15.9. The number of ether oxygens (including phenoxy) is 1. The Morgan fingerprint density at radius 2 is 1.89 bits per heavy atom. The standard InChI is InChI=1S/C15H31NO2/c1-4-5-13-6-8-14(9-7-13)16-10-15(17)11-18-12(2)3/h12-17H,4-11H2,1-3H3. The van der Waals surface area contributed by atoms with Crippen molar-refractivity contribution in [2.75, 3.05) is 13.2 Å². The number of nitrogens with one attached hydrogen (secondary N) is 1. The lowest BCUT2D eigenvalue weighted by Crippen LogP contribution is -2.39. The number of aliphatic hydroxyl groups excluding tert-OH is 1. The Labute approximate surface area is 112 Å². The van der Waals surface area contributed by atoms with Crippen molar-refractivity contribution < 1.29 is 9.84 Å². The number of hydrogen-bond donors (Lipinski definition) is 2. The highest BCUT2D eigenvalue weighted by atomic mass is 16.5. The molecule has 0 bridgehead atoms. The fraction of sp³-hybridized carbons (Fsp3) is 1.00. The van der Waals surface area contributed by atoms with E-state index < -0.39 is 0 Å². The van der Waals surface area contributed by atoms with Gasteiger partial charge in [-0.3, -0.25) is 0 Å². The van der Waals surface area contributed by atoms with Crippen LogP contribution in [0.2, 0.25) is 0 Å². The highest BCUT2D eigenvalue weighted by Gasteiger charge is 2.20. The summed E-state index contributed by atoms with van der Waals surface area (Å²) in [6, 6.07) is 0.604. The van der Waals surface area contributed by atoms with Crippen LogP contribution in [0, 0.1) is 5.92 Å². The molecule has 1 aliphatic rings. The molecule has 1 unspecified atom stereocenters. The summed E-state index contributed by atoms with van der Waals surface area (Å²) in [5, 5.41) is 13.3. The molecule has 3 nitrogen and oxygen atoms in total. The summed E-state index contributed by atoms with van der Waals surface area (Å²) in [6.45, 7) is 7.37. The van der Waals surface area contributed by atoms with Crippen LogP contribution >= 0.6 is 0 Å². The molecule has 3 heteroatoms. The van der Waals surface area contributed by atoms with Crippen LogP contribution in [0.5, 0.6) is 0 Å². The molecule has 18 heavy (non-hydrogen) atoms. The van der Waals surface area contributed by atoms with Crippen LogP contribution in [0.15, 0.2) is 0 Å². The third-order valence-electron chi connectivity index (χ3n) is 3.81. The van der Waals surface area contributed by atoms with Crippen molar-refractivity contribution in [3.63, 3.8) is 0 Å². The SMILES string of the molecule is CCCC1CCC(NCC(O)COC(C)C)CC1. The van der Waals surface area contributed by atoms with Crippen molar-refractivity contribution in [2.45, 2.75) is 77.5 Å². The van der Waals surface area contributed by atoms with E-state index in [1.807, 2.05) is 13.8 Å². The molecule has 0 aromatic carbocycles. The van der Waals surface area contributed by atoms with Gasteiger partial charge in [0.05, 0.1) is 18.8 Å². The summed E-state index contributed by atoms with van der Waals surface area (Å²) in [5.41, 5.74) is 0. The van der Waals surface area contributed by atoms with Crippen molar-refractivity contribution in [3.8, 4) is 0 Å². The Morgan fingerprint density at radius 3 is 2.44 bits per heavy atom. The van der Waals surface area contributed by atoms with Gasteiger partial charge in [0.15, 0.2) is 0 Å². The van der Waals surface area contributed by atoms with Crippen molar-refractivity contribution in [1.29, 1.82) is 0 Å². The Balaban J connectivity index is 2.06. The Kier molecular flexibility index (Phi) is 7.87. The average molecular weight is 257 g/mol. The topological polar surface area (TPSA) is 41.5 Å². The summed E-state index contributed by atoms with van der Waals surface area (Å²) in [6.07, 6.45) is 7.76. The van der Waals surface area contributed by atoms with E-state index in [0.29, 0.717) is 19.2 Å². The first-order chi connectivity index (χ1) is 8.61. The first-order valence-corrected chi connectivity index (χ1v) is 7.64. The fourth-order valence-corrected chi connectivity index (χ4v) is 2.73. The Bertz CT molecular complexity index is 201. The van der Waals surface area contributed by atoms with Crippen LogP contribution in [0.4, 0.5) is 0 Å². The molecule has 1 rings (SSSR count). The molecule has 1 atom stereocenters. The third-order valence-corrected chi connectivity index (χ3v) is 3.81. The maximum atomic E-state index is 9.78. The summed E-state index contributed by atoms with van der Waals surface area (Å²) in [4.78, 5) is 0.